The first-order valence-corrected chi connectivity index (χ1v) is 10.5. The Labute approximate surface area is 181 Å². The van der Waals surface area contributed by atoms with Gasteiger partial charge in [-0.1, -0.05) is 12.1 Å². The van der Waals surface area contributed by atoms with Crippen LogP contribution >= 0.6 is 0 Å². The minimum atomic E-state index is -0.0876. The van der Waals surface area contributed by atoms with Gasteiger partial charge in [0.25, 0.3) is 5.91 Å². The van der Waals surface area contributed by atoms with E-state index in [4.69, 9.17) is 9.15 Å². The second-order valence-electron chi connectivity index (χ2n) is 8.18. The molecule has 1 fully saturated rings. The number of nitrogens with zero attached hydrogens (tertiary/aromatic N) is 3. The summed E-state index contributed by atoms with van der Waals surface area (Å²) in [6.07, 6.45) is 0. The lowest BCUT2D eigenvalue weighted by Gasteiger charge is -2.41. The van der Waals surface area contributed by atoms with Crippen molar-refractivity contribution in [1.29, 1.82) is 0 Å². The van der Waals surface area contributed by atoms with Crippen LogP contribution in [0, 0.1) is 6.92 Å². The maximum atomic E-state index is 13.2. The van der Waals surface area contributed by atoms with Gasteiger partial charge in [-0.25, -0.2) is 4.98 Å². The van der Waals surface area contributed by atoms with Crippen LogP contribution in [-0.2, 0) is 0 Å². The van der Waals surface area contributed by atoms with Crippen molar-refractivity contribution in [3.05, 3.63) is 65.9 Å². The number of aryl methyl sites for hydroxylation is 1. The van der Waals surface area contributed by atoms with Crippen molar-refractivity contribution in [3.8, 4) is 5.75 Å². The summed E-state index contributed by atoms with van der Waals surface area (Å²) in [7, 11) is 1.64. The molecule has 0 radical (unpaired) electrons. The summed E-state index contributed by atoms with van der Waals surface area (Å²) < 4.78 is 11.2. The molecule has 1 atom stereocenters. The summed E-state index contributed by atoms with van der Waals surface area (Å²) in [6.45, 7) is 6.35. The highest BCUT2D eigenvalue weighted by atomic mass is 16.5. The summed E-state index contributed by atoms with van der Waals surface area (Å²) in [6, 6.07) is 18.2. The molecular formula is C25H25N3O3. The first-order valence-electron chi connectivity index (χ1n) is 10.5. The Kier molecular flexibility index (Phi) is 4.77. The molecule has 4 aromatic rings. The van der Waals surface area contributed by atoms with Crippen LogP contribution in [-0.4, -0.2) is 48.6 Å². The number of aromatic nitrogens is 1. The van der Waals surface area contributed by atoms with Gasteiger partial charge in [-0.15, -0.1) is 0 Å². The van der Waals surface area contributed by atoms with Gasteiger partial charge in [0.05, 0.1) is 12.6 Å². The lowest BCUT2D eigenvalue weighted by Crippen LogP contribution is -2.53. The Morgan fingerprint density at radius 1 is 1.10 bits per heavy atom. The van der Waals surface area contributed by atoms with Crippen LogP contribution in [0.2, 0.25) is 0 Å². The molecule has 1 saturated heterocycles. The van der Waals surface area contributed by atoms with Crippen LogP contribution < -0.4 is 9.64 Å². The van der Waals surface area contributed by atoms with Crippen molar-refractivity contribution >= 4 is 33.6 Å². The maximum absolute atomic E-state index is 13.2. The van der Waals surface area contributed by atoms with E-state index in [9.17, 15) is 4.79 Å². The minimum Gasteiger partial charge on any atom is -0.497 e. The Hall–Kier alpha value is -3.54. The van der Waals surface area contributed by atoms with Gasteiger partial charge in [0.15, 0.2) is 5.76 Å². The third-order valence-electron chi connectivity index (χ3n) is 5.97. The van der Waals surface area contributed by atoms with Gasteiger partial charge in [0.1, 0.15) is 5.75 Å². The van der Waals surface area contributed by atoms with E-state index in [0.29, 0.717) is 24.6 Å². The number of benzene rings is 2. The molecule has 6 nitrogen and oxygen atoms in total. The maximum Gasteiger partial charge on any atom is 0.289 e. The SMILES string of the molecule is COc1ccc2nc3oc(C(=O)N4CCN(c5cccc(C)c5)[C@H](C)C4)cc3cc2c1. The Bertz CT molecular complexity index is 1280. The van der Waals surface area contributed by atoms with Crippen molar-refractivity contribution in [2.75, 3.05) is 31.6 Å². The van der Waals surface area contributed by atoms with E-state index in [-0.39, 0.29) is 11.9 Å². The lowest BCUT2D eigenvalue weighted by molar-refractivity contribution is 0.0696. The second kappa shape index (κ2) is 7.61. The van der Waals surface area contributed by atoms with Gasteiger partial charge in [-0.3, -0.25) is 4.79 Å². The van der Waals surface area contributed by atoms with Gasteiger partial charge < -0.3 is 19.0 Å². The number of carbonyl (C=O) groups is 1. The molecule has 0 N–H and O–H groups in total. The van der Waals surface area contributed by atoms with Gasteiger partial charge in [0, 0.05) is 42.1 Å². The molecule has 2 aromatic heterocycles. The number of piperazine rings is 1. The zero-order valence-corrected chi connectivity index (χ0v) is 18.0. The topological polar surface area (TPSA) is 58.8 Å². The molecular weight excluding hydrogens is 390 g/mol. The zero-order valence-electron chi connectivity index (χ0n) is 18.0. The lowest BCUT2D eigenvalue weighted by atomic mass is 10.1. The third kappa shape index (κ3) is 3.58. The number of anilines is 1. The fraction of sp³-hybridized carbons (Fsp3) is 0.280. The molecule has 31 heavy (non-hydrogen) atoms. The summed E-state index contributed by atoms with van der Waals surface area (Å²) in [5.41, 5.74) is 3.73. The van der Waals surface area contributed by atoms with Gasteiger partial charge in [-0.05, 0) is 61.9 Å². The number of rotatable bonds is 3. The highest BCUT2D eigenvalue weighted by Gasteiger charge is 2.29. The number of methoxy groups -OCH3 is 1. The number of hydrogen-bond acceptors (Lipinski definition) is 5. The molecule has 6 heteroatoms. The van der Waals surface area contributed by atoms with Crippen LogP contribution in [0.1, 0.15) is 23.0 Å². The number of carbonyl (C=O) groups excluding carboxylic acids is 1. The van der Waals surface area contributed by atoms with E-state index in [1.165, 1.54) is 11.3 Å². The standard InChI is InChI=1S/C25H25N3O3/c1-16-5-4-6-20(11-16)28-10-9-27(15-17(28)2)25(29)23-14-19-12-18-13-21(30-3)7-8-22(18)26-24(19)31-23/h4-8,11-14,17H,9-10,15H2,1-3H3/t17-/m1/s1. The third-order valence-corrected chi connectivity index (χ3v) is 5.97. The molecule has 0 bridgehead atoms. The first kappa shape index (κ1) is 19.4. The number of fused-ring (bicyclic) bond motifs is 2. The van der Waals surface area contributed by atoms with Crippen LogP contribution in [0.15, 0.2) is 59.0 Å². The fourth-order valence-corrected chi connectivity index (χ4v) is 4.33. The molecule has 0 spiro atoms. The Balaban J connectivity index is 1.38. The smallest absolute Gasteiger partial charge is 0.289 e. The molecule has 1 aliphatic heterocycles. The minimum absolute atomic E-state index is 0.0876. The number of hydrogen-bond donors (Lipinski definition) is 0. The normalized spacial score (nSPS) is 16.8. The number of furan rings is 1. The number of ether oxygens (including phenoxy) is 1. The highest BCUT2D eigenvalue weighted by Crippen LogP contribution is 2.27. The fourth-order valence-electron chi connectivity index (χ4n) is 4.33. The van der Waals surface area contributed by atoms with Crippen LogP contribution in [0.25, 0.3) is 22.0 Å². The van der Waals surface area contributed by atoms with E-state index < -0.39 is 0 Å². The predicted molar refractivity (Wildman–Crippen MR) is 122 cm³/mol. The second-order valence-corrected chi connectivity index (χ2v) is 8.18. The Morgan fingerprint density at radius 2 is 1.97 bits per heavy atom. The van der Waals surface area contributed by atoms with Crippen molar-refractivity contribution in [2.45, 2.75) is 19.9 Å². The van der Waals surface area contributed by atoms with E-state index in [1.807, 2.05) is 29.2 Å². The summed E-state index contributed by atoms with van der Waals surface area (Å²) in [5.74, 6) is 1.02. The molecule has 3 heterocycles. The summed E-state index contributed by atoms with van der Waals surface area (Å²) >= 11 is 0. The van der Waals surface area contributed by atoms with Gasteiger partial charge in [0.2, 0.25) is 5.71 Å². The van der Waals surface area contributed by atoms with Crippen LogP contribution in [0.4, 0.5) is 5.69 Å². The number of pyridine rings is 1. The monoisotopic (exact) mass is 415 g/mol. The highest BCUT2D eigenvalue weighted by molar-refractivity contribution is 5.98. The zero-order chi connectivity index (χ0) is 21.5. The largest absolute Gasteiger partial charge is 0.497 e. The summed E-state index contributed by atoms with van der Waals surface area (Å²) in [4.78, 5) is 22.0. The van der Waals surface area contributed by atoms with Crippen molar-refractivity contribution in [3.63, 3.8) is 0 Å². The molecule has 1 amide bonds. The molecule has 158 valence electrons. The van der Waals surface area contributed by atoms with E-state index >= 15 is 0 Å². The molecule has 0 aliphatic carbocycles. The van der Waals surface area contributed by atoms with Gasteiger partial charge >= 0.3 is 0 Å². The predicted octanol–water partition coefficient (Wildman–Crippen LogP) is 4.65. The van der Waals surface area contributed by atoms with E-state index in [2.05, 4.69) is 48.0 Å². The quantitative estimate of drug-likeness (QED) is 0.488. The van der Waals surface area contributed by atoms with E-state index in [1.54, 1.807) is 13.2 Å². The van der Waals surface area contributed by atoms with Crippen molar-refractivity contribution < 1.29 is 13.9 Å². The van der Waals surface area contributed by atoms with Gasteiger partial charge in [-0.2, -0.15) is 0 Å². The first-order chi connectivity index (χ1) is 15.0. The van der Waals surface area contributed by atoms with Crippen molar-refractivity contribution in [1.82, 2.24) is 9.88 Å². The summed E-state index contributed by atoms with van der Waals surface area (Å²) in [5, 5.41) is 1.77. The Morgan fingerprint density at radius 3 is 2.74 bits per heavy atom. The number of amides is 1. The molecule has 0 unspecified atom stereocenters. The molecule has 1 aliphatic rings. The van der Waals surface area contributed by atoms with E-state index in [0.717, 1.165) is 28.6 Å². The average Bonchev–Trinajstić information content (AvgIpc) is 3.19. The van der Waals surface area contributed by atoms with Crippen LogP contribution in [0.5, 0.6) is 5.75 Å². The molecule has 0 saturated carbocycles. The molecule has 5 rings (SSSR count). The van der Waals surface area contributed by atoms with Crippen LogP contribution in [0.3, 0.4) is 0 Å². The molecule has 2 aromatic carbocycles. The average molecular weight is 415 g/mol. The van der Waals surface area contributed by atoms with Crippen molar-refractivity contribution in [2.24, 2.45) is 0 Å².